The first-order chi connectivity index (χ1) is 8.19. The van der Waals surface area contributed by atoms with Gasteiger partial charge in [-0.25, -0.2) is 9.37 Å². The second-order valence-electron chi connectivity index (χ2n) is 3.55. The van der Waals surface area contributed by atoms with Crippen LogP contribution in [0.15, 0.2) is 18.0 Å². The number of aliphatic hydroxyl groups is 1. The van der Waals surface area contributed by atoms with Crippen LogP contribution in [0.4, 0.5) is 4.39 Å². The second-order valence-corrected chi connectivity index (χ2v) is 5.25. The van der Waals surface area contributed by atoms with E-state index in [1.165, 1.54) is 11.3 Å². The van der Waals surface area contributed by atoms with Gasteiger partial charge in [-0.3, -0.25) is 0 Å². The first kappa shape index (κ1) is 12.8. The maximum Gasteiger partial charge on any atom is 0.183 e. The van der Waals surface area contributed by atoms with Crippen LogP contribution in [-0.4, -0.2) is 41.1 Å². The number of alkyl halides is 1. The summed E-state index contributed by atoms with van der Waals surface area (Å²) in [7, 11) is 0. The highest BCUT2D eigenvalue weighted by atomic mass is 35.5. The minimum atomic E-state index is -0.892. The number of hydrogen-bond acceptors (Lipinski definition) is 5. The third-order valence-corrected chi connectivity index (χ3v) is 3.47. The van der Waals surface area contributed by atoms with Crippen LogP contribution in [0.2, 0.25) is 4.47 Å². The molecule has 0 bridgehead atoms. The van der Waals surface area contributed by atoms with Gasteiger partial charge in [0.05, 0.1) is 13.2 Å². The Hall–Kier alpha value is -0.690. The van der Waals surface area contributed by atoms with Crippen LogP contribution in [-0.2, 0) is 11.3 Å². The van der Waals surface area contributed by atoms with Gasteiger partial charge in [0.15, 0.2) is 10.8 Å². The molecule has 1 aromatic rings. The molecule has 0 saturated carbocycles. The number of aliphatic hydroxyl groups excluding tert-OH is 1. The number of ether oxygens (including phenoxy) is 1. The molecule has 4 nitrogen and oxygen atoms in total. The largest absolute Gasteiger partial charge is 0.365 e. The van der Waals surface area contributed by atoms with Crippen LogP contribution >= 0.6 is 22.9 Å². The van der Waals surface area contributed by atoms with Gasteiger partial charge in [0.2, 0.25) is 0 Å². The number of hydrogen-bond donors (Lipinski definition) is 1. The molecule has 1 atom stereocenters. The maximum absolute atomic E-state index is 12.5. The standard InChI is InChI=1S/C10H12ClFN2O2S/c11-10-13-4-8(17-10)5-14(2-1-12)7-3-9(15)16-6-7/h3-4,9,15H,1-2,5-6H2. The van der Waals surface area contributed by atoms with E-state index in [0.29, 0.717) is 17.6 Å². The zero-order chi connectivity index (χ0) is 12.3. The first-order valence-corrected chi connectivity index (χ1v) is 6.30. The normalized spacial score (nSPS) is 19.5. The molecule has 0 spiro atoms. The first-order valence-electron chi connectivity index (χ1n) is 5.10. The molecule has 0 aromatic carbocycles. The summed E-state index contributed by atoms with van der Waals surface area (Å²) in [5, 5.41) is 9.24. The van der Waals surface area contributed by atoms with Crippen molar-refractivity contribution in [1.82, 2.24) is 9.88 Å². The third-order valence-electron chi connectivity index (χ3n) is 2.37. The van der Waals surface area contributed by atoms with Gasteiger partial charge >= 0.3 is 0 Å². The minimum Gasteiger partial charge on any atom is -0.365 e. The molecular formula is C10H12ClFN2O2S. The van der Waals surface area contributed by atoms with Gasteiger partial charge in [-0.05, 0) is 6.08 Å². The Labute approximate surface area is 107 Å². The number of thiazole rings is 1. The van der Waals surface area contributed by atoms with E-state index in [9.17, 15) is 9.50 Å². The average molecular weight is 279 g/mol. The van der Waals surface area contributed by atoms with Crippen molar-refractivity contribution in [3.05, 3.63) is 27.3 Å². The molecule has 2 heterocycles. The van der Waals surface area contributed by atoms with Gasteiger partial charge in [0.1, 0.15) is 6.67 Å². The molecule has 0 amide bonds. The minimum absolute atomic E-state index is 0.261. The van der Waals surface area contributed by atoms with E-state index in [1.54, 1.807) is 12.3 Å². The van der Waals surface area contributed by atoms with Crippen LogP contribution in [0.1, 0.15) is 4.88 Å². The van der Waals surface area contributed by atoms with Crippen molar-refractivity contribution in [2.75, 3.05) is 19.8 Å². The van der Waals surface area contributed by atoms with Crippen LogP contribution in [0, 0.1) is 0 Å². The summed E-state index contributed by atoms with van der Waals surface area (Å²) >= 11 is 7.10. The monoisotopic (exact) mass is 278 g/mol. The van der Waals surface area contributed by atoms with Crippen LogP contribution in [0.25, 0.3) is 0 Å². The molecule has 94 valence electrons. The molecule has 17 heavy (non-hydrogen) atoms. The van der Waals surface area contributed by atoms with E-state index in [2.05, 4.69) is 4.98 Å². The fourth-order valence-electron chi connectivity index (χ4n) is 1.60. The van der Waals surface area contributed by atoms with E-state index in [1.807, 2.05) is 4.90 Å². The van der Waals surface area contributed by atoms with Crippen molar-refractivity contribution in [3.63, 3.8) is 0 Å². The van der Waals surface area contributed by atoms with E-state index < -0.39 is 13.0 Å². The molecule has 7 heteroatoms. The van der Waals surface area contributed by atoms with Crippen molar-refractivity contribution in [2.45, 2.75) is 12.8 Å². The Kier molecular flexibility index (Phi) is 4.33. The molecule has 1 aliphatic rings. The van der Waals surface area contributed by atoms with Crippen molar-refractivity contribution in [2.24, 2.45) is 0 Å². The SMILES string of the molecule is OC1C=C(N(CCF)Cc2cnc(Cl)s2)CO1. The quantitative estimate of drug-likeness (QED) is 0.892. The number of rotatable bonds is 5. The van der Waals surface area contributed by atoms with E-state index >= 15 is 0 Å². The summed E-state index contributed by atoms with van der Waals surface area (Å²) < 4.78 is 18.0. The van der Waals surface area contributed by atoms with E-state index in [0.717, 1.165) is 10.6 Å². The predicted octanol–water partition coefficient (Wildman–Crippen LogP) is 1.80. The summed E-state index contributed by atoms with van der Waals surface area (Å²) in [6.45, 7) is 0.626. The highest BCUT2D eigenvalue weighted by Gasteiger charge is 2.19. The molecule has 0 aliphatic carbocycles. The van der Waals surface area contributed by atoms with Gasteiger partial charge in [-0.15, -0.1) is 11.3 Å². The highest BCUT2D eigenvalue weighted by molar-refractivity contribution is 7.15. The topological polar surface area (TPSA) is 45.6 Å². The van der Waals surface area contributed by atoms with Crippen molar-refractivity contribution in [1.29, 1.82) is 0 Å². The lowest BCUT2D eigenvalue weighted by Crippen LogP contribution is -2.25. The lowest BCUT2D eigenvalue weighted by molar-refractivity contribution is -0.0413. The smallest absolute Gasteiger partial charge is 0.183 e. The average Bonchev–Trinajstić information content (AvgIpc) is 2.87. The maximum atomic E-state index is 12.5. The van der Waals surface area contributed by atoms with Gasteiger partial charge in [-0.1, -0.05) is 11.6 Å². The number of nitrogens with zero attached hydrogens (tertiary/aromatic N) is 2. The molecule has 1 aromatic heterocycles. The Bertz CT molecular complexity index is 413. The fourth-order valence-corrected chi connectivity index (χ4v) is 2.59. The lowest BCUT2D eigenvalue weighted by atomic mass is 10.3. The molecule has 1 unspecified atom stereocenters. The third kappa shape index (κ3) is 3.38. The van der Waals surface area contributed by atoms with E-state index in [-0.39, 0.29) is 6.54 Å². The van der Waals surface area contributed by atoms with Crippen LogP contribution < -0.4 is 0 Å². The fraction of sp³-hybridized carbons (Fsp3) is 0.500. The molecule has 1 aliphatic heterocycles. The molecular weight excluding hydrogens is 267 g/mol. The summed E-state index contributed by atoms with van der Waals surface area (Å²) in [6, 6.07) is 0. The van der Waals surface area contributed by atoms with Gasteiger partial charge in [0, 0.05) is 23.3 Å². The molecule has 0 fully saturated rings. The Morgan fingerprint density at radius 2 is 2.53 bits per heavy atom. The summed E-state index contributed by atoms with van der Waals surface area (Å²) in [6.07, 6.45) is 2.36. The molecule has 0 saturated heterocycles. The van der Waals surface area contributed by atoms with Crippen LogP contribution in [0.3, 0.4) is 0 Å². The Morgan fingerprint density at radius 1 is 1.71 bits per heavy atom. The number of aromatic nitrogens is 1. The summed E-state index contributed by atoms with van der Waals surface area (Å²) in [4.78, 5) is 6.70. The Morgan fingerprint density at radius 3 is 3.06 bits per heavy atom. The van der Waals surface area contributed by atoms with E-state index in [4.69, 9.17) is 16.3 Å². The van der Waals surface area contributed by atoms with Gasteiger partial charge < -0.3 is 14.7 Å². The van der Waals surface area contributed by atoms with Crippen molar-refractivity contribution < 1.29 is 14.2 Å². The van der Waals surface area contributed by atoms with Gasteiger partial charge in [-0.2, -0.15) is 0 Å². The molecule has 1 N–H and O–H groups in total. The lowest BCUT2D eigenvalue weighted by Gasteiger charge is -2.22. The van der Waals surface area contributed by atoms with Gasteiger partial charge in [0.25, 0.3) is 0 Å². The highest BCUT2D eigenvalue weighted by Crippen LogP contribution is 2.22. The summed E-state index contributed by atoms with van der Waals surface area (Å²) in [5.74, 6) is 0. The molecule has 2 rings (SSSR count). The predicted molar refractivity (Wildman–Crippen MR) is 63.6 cm³/mol. The van der Waals surface area contributed by atoms with Crippen LogP contribution in [0.5, 0.6) is 0 Å². The van der Waals surface area contributed by atoms with Crippen molar-refractivity contribution >= 4 is 22.9 Å². The molecule has 0 radical (unpaired) electrons. The zero-order valence-electron chi connectivity index (χ0n) is 8.97. The Balaban J connectivity index is 2.04. The summed E-state index contributed by atoms with van der Waals surface area (Å²) in [5.41, 5.74) is 0.791. The second kappa shape index (κ2) is 5.77. The van der Waals surface area contributed by atoms with Crippen molar-refractivity contribution in [3.8, 4) is 0 Å². The zero-order valence-corrected chi connectivity index (χ0v) is 10.5. The number of halogens is 2.